The largest absolute Gasteiger partial charge is 0.479 e. The van der Waals surface area contributed by atoms with Gasteiger partial charge in [0.2, 0.25) is 0 Å². The smallest absolute Gasteiger partial charge is 0.174 e. The van der Waals surface area contributed by atoms with Gasteiger partial charge in [0, 0.05) is 6.04 Å². The highest BCUT2D eigenvalue weighted by atomic mass is 19.1. The van der Waals surface area contributed by atoms with Crippen LogP contribution in [0.25, 0.3) is 0 Å². The number of ether oxygens (including phenoxy) is 1. The van der Waals surface area contributed by atoms with Crippen molar-refractivity contribution in [3.63, 3.8) is 0 Å². The molecule has 0 bridgehead atoms. The molecule has 4 heteroatoms. The second-order valence-corrected chi connectivity index (χ2v) is 4.36. The van der Waals surface area contributed by atoms with Crippen LogP contribution in [0.4, 0.5) is 10.1 Å². The lowest BCUT2D eigenvalue weighted by atomic mass is 10.1. The quantitative estimate of drug-likeness (QED) is 0.896. The van der Waals surface area contributed by atoms with Crippen molar-refractivity contribution in [2.24, 2.45) is 0 Å². The van der Waals surface area contributed by atoms with Gasteiger partial charge in [-0.3, -0.25) is 0 Å². The number of hydrogen-bond acceptors (Lipinski definition) is 3. The predicted octanol–water partition coefficient (Wildman–Crippen LogP) is 3.90. The second kappa shape index (κ2) is 6.58. The Balaban J connectivity index is 2.04. The van der Waals surface area contributed by atoms with E-state index in [2.05, 4.69) is 5.32 Å². The van der Waals surface area contributed by atoms with Gasteiger partial charge in [0.05, 0.1) is 5.69 Å². The first-order chi connectivity index (χ1) is 9.70. The number of nitrogens with zero attached hydrogens (tertiary/aromatic N) is 1. The number of halogens is 1. The number of nitrogens with one attached hydrogen (secondary N) is 1. The third-order valence-corrected chi connectivity index (χ3v) is 2.93. The molecule has 0 spiro atoms. The molecule has 0 fully saturated rings. The van der Waals surface area contributed by atoms with Gasteiger partial charge in [-0.15, -0.1) is 0 Å². The van der Waals surface area contributed by atoms with Crippen molar-refractivity contribution in [1.82, 2.24) is 0 Å². The Hall–Kier alpha value is -2.54. The van der Waals surface area contributed by atoms with Crippen molar-refractivity contribution < 1.29 is 9.13 Å². The van der Waals surface area contributed by atoms with Crippen LogP contribution in [0.1, 0.15) is 18.5 Å². The van der Waals surface area contributed by atoms with Gasteiger partial charge in [-0.05, 0) is 36.8 Å². The molecule has 2 aromatic carbocycles. The zero-order valence-electron chi connectivity index (χ0n) is 11.1. The van der Waals surface area contributed by atoms with Gasteiger partial charge >= 0.3 is 0 Å². The van der Waals surface area contributed by atoms with Gasteiger partial charge < -0.3 is 10.1 Å². The van der Waals surface area contributed by atoms with E-state index in [0.717, 1.165) is 5.56 Å². The highest BCUT2D eigenvalue weighted by Gasteiger charge is 2.08. The molecule has 0 radical (unpaired) electrons. The summed E-state index contributed by atoms with van der Waals surface area (Å²) in [5.74, 6) is 0.377. The van der Waals surface area contributed by atoms with Crippen LogP contribution in [0.2, 0.25) is 0 Å². The zero-order valence-corrected chi connectivity index (χ0v) is 11.1. The molecule has 1 atom stereocenters. The first kappa shape index (κ1) is 13.9. The van der Waals surface area contributed by atoms with Crippen molar-refractivity contribution in [3.8, 4) is 11.8 Å². The maximum atomic E-state index is 13.6. The van der Waals surface area contributed by atoms with E-state index in [9.17, 15) is 4.39 Å². The normalized spacial score (nSPS) is 11.4. The highest BCUT2D eigenvalue weighted by Crippen LogP contribution is 2.23. The van der Waals surface area contributed by atoms with Gasteiger partial charge in [0.15, 0.2) is 6.61 Å². The molecule has 0 saturated carbocycles. The Labute approximate surface area is 117 Å². The molecular formula is C16H15FN2O. The van der Waals surface area contributed by atoms with E-state index in [4.69, 9.17) is 10.00 Å². The number of hydrogen-bond donors (Lipinski definition) is 1. The van der Waals surface area contributed by atoms with E-state index in [0.29, 0.717) is 11.4 Å². The molecule has 0 saturated heterocycles. The molecule has 0 aliphatic heterocycles. The maximum absolute atomic E-state index is 13.6. The molecule has 0 aromatic heterocycles. The molecule has 0 aliphatic carbocycles. The van der Waals surface area contributed by atoms with E-state index >= 15 is 0 Å². The fraction of sp³-hybridized carbons (Fsp3) is 0.188. The average Bonchev–Trinajstić information content (AvgIpc) is 2.48. The molecule has 1 N–H and O–H groups in total. The summed E-state index contributed by atoms with van der Waals surface area (Å²) in [6, 6.07) is 15.8. The average molecular weight is 270 g/mol. The lowest BCUT2D eigenvalue weighted by Gasteiger charge is -2.16. The van der Waals surface area contributed by atoms with Crippen LogP contribution in [0.3, 0.4) is 0 Å². The lowest BCUT2D eigenvalue weighted by molar-refractivity contribution is 0.368. The summed E-state index contributed by atoms with van der Waals surface area (Å²) < 4.78 is 18.7. The summed E-state index contributed by atoms with van der Waals surface area (Å²) >= 11 is 0. The standard InChI is InChI=1S/C16H15FN2O/c1-12(19-16-5-3-2-4-15(16)17)13-6-8-14(9-7-13)20-11-10-18/h2-9,12,19H,11H2,1H3. The monoisotopic (exact) mass is 270 g/mol. The SMILES string of the molecule is CC(Nc1ccccc1F)c1ccc(OCC#N)cc1. The van der Waals surface area contributed by atoms with Gasteiger partial charge in [-0.1, -0.05) is 24.3 Å². The summed E-state index contributed by atoms with van der Waals surface area (Å²) in [7, 11) is 0. The molecule has 20 heavy (non-hydrogen) atoms. The zero-order chi connectivity index (χ0) is 14.4. The fourth-order valence-electron chi connectivity index (χ4n) is 1.86. The molecule has 102 valence electrons. The Bertz CT molecular complexity index is 605. The van der Waals surface area contributed by atoms with E-state index < -0.39 is 0 Å². The summed E-state index contributed by atoms with van der Waals surface area (Å²) in [5, 5.41) is 11.6. The minimum Gasteiger partial charge on any atom is -0.479 e. The van der Waals surface area contributed by atoms with E-state index in [1.807, 2.05) is 25.1 Å². The number of rotatable bonds is 5. The van der Waals surface area contributed by atoms with Crippen molar-refractivity contribution >= 4 is 5.69 Å². The van der Waals surface area contributed by atoms with E-state index in [1.54, 1.807) is 30.3 Å². The molecule has 2 rings (SSSR count). The Morgan fingerprint density at radius 3 is 2.55 bits per heavy atom. The highest BCUT2D eigenvalue weighted by molar-refractivity contribution is 5.46. The predicted molar refractivity (Wildman–Crippen MR) is 76.0 cm³/mol. The van der Waals surface area contributed by atoms with Gasteiger partial charge in [-0.25, -0.2) is 4.39 Å². The van der Waals surface area contributed by atoms with Crippen molar-refractivity contribution in [2.45, 2.75) is 13.0 Å². The van der Waals surface area contributed by atoms with Crippen molar-refractivity contribution in [2.75, 3.05) is 11.9 Å². The lowest BCUT2D eigenvalue weighted by Crippen LogP contribution is -2.07. The number of para-hydroxylation sites is 1. The molecule has 2 aromatic rings. The number of anilines is 1. The first-order valence-corrected chi connectivity index (χ1v) is 6.31. The third kappa shape index (κ3) is 3.48. The second-order valence-electron chi connectivity index (χ2n) is 4.36. The van der Waals surface area contributed by atoms with Crippen molar-refractivity contribution in [3.05, 3.63) is 59.9 Å². The topological polar surface area (TPSA) is 45.0 Å². The van der Waals surface area contributed by atoms with Gasteiger partial charge in [0.25, 0.3) is 0 Å². The molecule has 0 amide bonds. The van der Waals surface area contributed by atoms with Crippen LogP contribution in [0, 0.1) is 17.1 Å². The first-order valence-electron chi connectivity index (χ1n) is 6.31. The van der Waals surface area contributed by atoms with Crippen LogP contribution in [-0.4, -0.2) is 6.61 Å². The third-order valence-electron chi connectivity index (χ3n) is 2.93. The van der Waals surface area contributed by atoms with Crippen LogP contribution in [0.5, 0.6) is 5.75 Å². The van der Waals surface area contributed by atoms with Gasteiger partial charge in [0.1, 0.15) is 17.6 Å². The Kier molecular flexibility index (Phi) is 4.56. The van der Waals surface area contributed by atoms with Crippen LogP contribution >= 0.6 is 0 Å². The fourth-order valence-corrected chi connectivity index (χ4v) is 1.86. The summed E-state index contributed by atoms with van der Waals surface area (Å²) in [6.45, 7) is 1.99. The van der Waals surface area contributed by atoms with Gasteiger partial charge in [-0.2, -0.15) is 5.26 Å². The van der Waals surface area contributed by atoms with Crippen LogP contribution in [0.15, 0.2) is 48.5 Å². The minimum atomic E-state index is -0.270. The summed E-state index contributed by atoms with van der Waals surface area (Å²) in [5.41, 5.74) is 1.49. The molecule has 3 nitrogen and oxygen atoms in total. The molecule has 0 aliphatic rings. The minimum absolute atomic E-state index is 0.0301. The Morgan fingerprint density at radius 1 is 1.20 bits per heavy atom. The summed E-state index contributed by atoms with van der Waals surface area (Å²) in [6.07, 6.45) is 0. The molecular weight excluding hydrogens is 255 g/mol. The van der Waals surface area contributed by atoms with Crippen LogP contribution in [-0.2, 0) is 0 Å². The summed E-state index contributed by atoms with van der Waals surface area (Å²) in [4.78, 5) is 0. The van der Waals surface area contributed by atoms with Crippen molar-refractivity contribution in [1.29, 1.82) is 5.26 Å². The van der Waals surface area contributed by atoms with E-state index in [-0.39, 0.29) is 18.5 Å². The maximum Gasteiger partial charge on any atom is 0.174 e. The molecule has 0 heterocycles. The number of benzene rings is 2. The van der Waals surface area contributed by atoms with E-state index in [1.165, 1.54) is 6.07 Å². The Morgan fingerprint density at radius 2 is 1.90 bits per heavy atom. The molecule has 1 unspecified atom stereocenters. The van der Waals surface area contributed by atoms with Crippen LogP contribution < -0.4 is 10.1 Å². The number of nitriles is 1.